The van der Waals surface area contributed by atoms with Crippen LogP contribution >= 0.6 is 11.3 Å². The molecule has 1 rings (SSSR count). The van der Waals surface area contributed by atoms with Crippen LogP contribution in [-0.2, 0) is 11.2 Å². The normalized spacial score (nSPS) is 13.1. The summed E-state index contributed by atoms with van der Waals surface area (Å²) in [7, 11) is 0. The first-order valence-electron chi connectivity index (χ1n) is 4.75. The van der Waals surface area contributed by atoms with Gasteiger partial charge in [0.05, 0.1) is 11.6 Å². The highest BCUT2D eigenvalue weighted by atomic mass is 32.1. The fourth-order valence-corrected chi connectivity index (χ4v) is 1.88. The first kappa shape index (κ1) is 11.3. The number of Topliss-reactive ketones (excluding diaryl/α,β-unsaturated/α-hetero) is 1. The lowest BCUT2D eigenvalue weighted by molar-refractivity contribution is -0.119. The number of carbonyl (C=O) groups is 1. The molecule has 0 aliphatic heterocycles. The summed E-state index contributed by atoms with van der Waals surface area (Å²) in [5.41, 5.74) is 7.50. The molecule has 1 aromatic rings. The van der Waals surface area contributed by atoms with Crippen molar-refractivity contribution < 1.29 is 4.79 Å². The van der Waals surface area contributed by atoms with Crippen LogP contribution in [0.4, 0.5) is 0 Å². The van der Waals surface area contributed by atoms with Crippen LogP contribution in [0.25, 0.3) is 0 Å². The van der Waals surface area contributed by atoms with Crippen molar-refractivity contribution in [1.29, 1.82) is 0 Å². The number of hydrogen-bond acceptors (Lipinski definition) is 4. The maximum Gasteiger partial charge on any atom is 0.154 e. The van der Waals surface area contributed by atoms with Crippen molar-refractivity contribution in [2.75, 3.05) is 0 Å². The molecule has 1 unspecified atom stereocenters. The van der Waals surface area contributed by atoms with Gasteiger partial charge in [0.2, 0.25) is 0 Å². The highest BCUT2D eigenvalue weighted by Gasteiger charge is 2.15. The van der Waals surface area contributed by atoms with Gasteiger partial charge in [0.15, 0.2) is 5.78 Å². The van der Waals surface area contributed by atoms with Gasteiger partial charge in [-0.1, -0.05) is 13.8 Å². The molecule has 2 N–H and O–H groups in total. The van der Waals surface area contributed by atoms with E-state index < -0.39 is 0 Å². The first-order valence-corrected chi connectivity index (χ1v) is 5.63. The minimum atomic E-state index is -0.322. The Morgan fingerprint density at radius 3 is 2.86 bits per heavy atom. The van der Waals surface area contributed by atoms with Gasteiger partial charge in [0, 0.05) is 17.5 Å². The molecule has 0 radical (unpaired) electrons. The lowest BCUT2D eigenvalue weighted by Gasteiger charge is -2.11. The summed E-state index contributed by atoms with van der Waals surface area (Å²) in [6, 6.07) is -0.322. The predicted octanol–water partition coefficient (Wildman–Crippen LogP) is 1.63. The zero-order valence-electron chi connectivity index (χ0n) is 8.56. The smallest absolute Gasteiger partial charge is 0.154 e. The van der Waals surface area contributed by atoms with E-state index in [-0.39, 0.29) is 11.8 Å². The van der Waals surface area contributed by atoms with Crippen molar-refractivity contribution >= 4 is 17.1 Å². The number of nitrogens with zero attached hydrogens (tertiary/aromatic N) is 1. The molecule has 0 aromatic carbocycles. The van der Waals surface area contributed by atoms with Crippen molar-refractivity contribution in [3.63, 3.8) is 0 Å². The van der Waals surface area contributed by atoms with Crippen molar-refractivity contribution in [2.24, 2.45) is 11.7 Å². The molecule has 0 bridgehead atoms. The SMILES string of the molecule is CC(C)CC(N)C(=O)Cc1cncs1. The van der Waals surface area contributed by atoms with Gasteiger partial charge in [-0.25, -0.2) is 0 Å². The highest BCUT2D eigenvalue weighted by molar-refractivity contribution is 7.09. The lowest BCUT2D eigenvalue weighted by atomic mass is 9.99. The monoisotopic (exact) mass is 212 g/mol. The van der Waals surface area contributed by atoms with Gasteiger partial charge < -0.3 is 5.73 Å². The van der Waals surface area contributed by atoms with Crippen molar-refractivity contribution in [3.8, 4) is 0 Å². The quantitative estimate of drug-likeness (QED) is 0.807. The minimum absolute atomic E-state index is 0.114. The summed E-state index contributed by atoms with van der Waals surface area (Å²) in [4.78, 5) is 16.5. The van der Waals surface area contributed by atoms with Gasteiger partial charge in [-0.05, 0) is 12.3 Å². The largest absolute Gasteiger partial charge is 0.321 e. The highest BCUT2D eigenvalue weighted by Crippen LogP contribution is 2.10. The Morgan fingerprint density at radius 2 is 2.36 bits per heavy atom. The maximum atomic E-state index is 11.6. The van der Waals surface area contributed by atoms with E-state index in [0.29, 0.717) is 12.3 Å². The molecule has 3 nitrogen and oxygen atoms in total. The molecule has 0 spiro atoms. The number of rotatable bonds is 5. The van der Waals surface area contributed by atoms with E-state index in [2.05, 4.69) is 18.8 Å². The number of hydrogen-bond donors (Lipinski definition) is 1. The molecule has 0 fully saturated rings. The Morgan fingerprint density at radius 1 is 1.64 bits per heavy atom. The van der Waals surface area contributed by atoms with E-state index in [1.807, 2.05) is 0 Å². The van der Waals surface area contributed by atoms with E-state index in [1.54, 1.807) is 11.7 Å². The minimum Gasteiger partial charge on any atom is -0.321 e. The van der Waals surface area contributed by atoms with Crippen LogP contribution in [0.3, 0.4) is 0 Å². The third-order valence-corrected chi connectivity index (χ3v) is 2.75. The lowest BCUT2D eigenvalue weighted by Crippen LogP contribution is -2.32. The fraction of sp³-hybridized carbons (Fsp3) is 0.600. The first-order chi connectivity index (χ1) is 6.59. The van der Waals surface area contributed by atoms with Gasteiger partial charge >= 0.3 is 0 Å². The molecule has 4 heteroatoms. The second kappa shape index (κ2) is 5.22. The number of aromatic nitrogens is 1. The third-order valence-electron chi connectivity index (χ3n) is 1.97. The molecule has 1 heterocycles. The summed E-state index contributed by atoms with van der Waals surface area (Å²) in [5, 5.41) is 0. The van der Waals surface area contributed by atoms with Crippen LogP contribution in [-0.4, -0.2) is 16.8 Å². The van der Waals surface area contributed by atoms with Crippen LogP contribution in [0.2, 0.25) is 0 Å². The van der Waals surface area contributed by atoms with Crippen molar-refractivity contribution in [3.05, 3.63) is 16.6 Å². The molecule has 0 saturated carbocycles. The molecule has 14 heavy (non-hydrogen) atoms. The van der Waals surface area contributed by atoms with Crippen LogP contribution in [0.1, 0.15) is 25.1 Å². The van der Waals surface area contributed by atoms with Gasteiger partial charge in [0.1, 0.15) is 0 Å². The topological polar surface area (TPSA) is 56.0 Å². The summed E-state index contributed by atoms with van der Waals surface area (Å²) in [6.07, 6.45) is 2.92. The Bertz CT molecular complexity index is 282. The van der Waals surface area contributed by atoms with Crippen LogP contribution < -0.4 is 5.73 Å². The van der Waals surface area contributed by atoms with E-state index in [1.165, 1.54) is 11.3 Å². The molecule has 1 atom stereocenters. The number of nitrogens with two attached hydrogens (primary N) is 1. The van der Waals surface area contributed by atoms with E-state index >= 15 is 0 Å². The zero-order valence-corrected chi connectivity index (χ0v) is 9.38. The molecule has 0 aliphatic carbocycles. The summed E-state index contributed by atoms with van der Waals surface area (Å²) < 4.78 is 0. The number of thiazole rings is 1. The van der Waals surface area contributed by atoms with Crippen molar-refractivity contribution in [1.82, 2.24) is 4.98 Å². The number of ketones is 1. The Hall–Kier alpha value is -0.740. The third kappa shape index (κ3) is 3.55. The van der Waals surface area contributed by atoms with Crippen LogP contribution in [0, 0.1) is 5.92 Å². The maximum absolute atomic E-state index is 11.6. The summed E-state index contributed by atoms with van der Waals surface area (Å²) in [5.74, 6) is 0.582. The summed E-state index contributed by atoms with van der Waals surface area (Å²) in [6.45, 7) is 4.14. The predicted molar refractivity (Wildman–Crippen MR) is 58.3 cm³/mol. The molecule has 1 aromatic heterocycles. The van der Waals surface area contributed by atoms with E-state index in [4.69, 9.17) is 5.73 Å². The Balaban J connectivity index is 2.42. The summed E-state index contributed by atoms with van der Waals surface area (Å²) >= 11 is 1.50. The van der Waals surface area contributed by atoms with Gasteiger partial charge in [-0.2, -0.15) is 0 Å². The van der Waals surface area contributed by atoms with Gasteiger partial charge in [-0.3, -0.25) is 9.78 Å². The average molecular weight is 212 g/mol. The second-order valence-electron chi connectivity index (χ2n) is 3.85. The van der Waals surface area contributed by atoms with E-state index in [9.17, 15) is 4.79 Å². The number of carbonyl (C=O) groups excluding carboxylic acids is 1. The molecule has 0 aliphatic rings. The van der Waals surface area contributed by atoms with E-state index in [0.717, 1.165) is 11.3 Å². The molecule has 78 valence electrons. The molecule has 0 saturated heterocycles. The zero-order chi connectivity index (χ0) is 10.6. The van der Waals surface area contributed by atoms with Crippen LogP contribution in [0.15, 0.2) is 11.7 Å². The molecular weight excluding hydrogens is 196 g/mol. The van der Waals surface area contributed by atoms with Gasteiger partial charge in [-0.15, -0.1) is 11.3 Å². The second-order valence-corrected chi connectivity index (χ2v) is 4.82. The standard InChI is InChI=1S/C10H16N2OS/c1-7(2)3-9(11)10(13)4-8-5-12-6-14-8/h5-7,9H,3-4,11H2,1-2H3. The molecular formula is C10H16N2OS. The Labute approximate surface area is 88.3 Å². The van der Waals surface area contributed by atoms with Gasteiger partial charge in [0.25, 0.3) is 0 Å². The Kier molecular flexibility index (Phi) is 4.22. The fourth-order valence-electron chi connectivity index (χ4n) is 1.27. The molecule has 0 amide bonds. The van der Waals surface area contributed by atoms with Crippen molar-refractivity contribution in [2.45, 2.75) is 32.7 Å². The van der Waals surface area contributed by atoms with Crippen LogP contribution in [0.5, 0.6) is 0 Å². The average Bonchev–Trinajstić information content (AvgIpc) is 2.55.